The van der Waals surface area contributed by atoms with Crippen LogP contribution in [0.25, 0.3) is 0 Å². The van der Waals surface area contributed by atoms with Gasteiger partial charge in [0.2, 0.25) is 0 Å². The van der Waals surface area contributed by atoms with Crippen molar-refractivity contribution in [2.45, 2.75) is 38.1 Å². The number of carbonyl (C=O) groups is 2. The van der Waals surface area contributed by atoms with Gasteiger partial charge in [0.25, 0.3) is 5.91 Å². The van der Waals surface area contributed by atoms with Gasteiger partial charge in [-0.25, -0.2) is 0 Å². The van der Waals surface area contributed by atoms with E-state index < -0.39 is 0 Å². The monoisotopic (exact) mass is 288 g/mol. The summed E-state index contributed by atoms with van der Waals surface area (Å²) in [6, 6.07) is 9.66. The molecule has 1 fully saturated rings. The minimum absolute atomic E-state index is 0.0278. The van der Waals surface area contributed by atoms with Crippen LogP contribution in [0.4, 0.5) is 0 Å². The van der Waals surface area contributed by atoms with Crippen molar-refractivity contribution in [3.05, 3.63) is 35.9 Å². The van der Waals surface area contributed by atoms with Gasteiger partial charge in [-0.2, -0.15) is 0 Å². The Morgan fingerprint density at radius 3 is 2.57 bits per heavy atom. The van der Waals surface area contributed by atoms with Crippen molar-refractivity contribution in [3.8, 4) is 0 Å². The Bertz CT molecular complexity index is 439. The summed E-state index contributed by atoms with van der Waals surface area (Å²) in [7, 11) is 0. The van der Waals surface area contributed by atoms with Crippen LogP contribution in [0, 0.1) is 0 Å². The molecular weight excluding hydrogens is 264 g/mol. The molecule has 0 spiro atoms. The van der Waals surface area contributed by atoms with Crippen molar-refractivity contribution in [2.75, 3.05) is 19.6 Å². The van der Waals surface area contributed by atoms with E-state index in [0.717, 1.165) is 57.2 Å². The van der Waals surface area contributed by atoms with E-state index in [1.807, 2.05) is 30.3 Å². The fourth-order valence-corrected chi connectivity index (χ4v) is 2.72. The van der Waals surface area contributed by atoms with E-state index in [1.165, 1.54) is 0 Å². The fraction of sp³-hybridized carbons (Fsp3) is 0.529. The van der Waals surface area contributed by atoms with Crippen molar-refractivity contribution in [1.29, 1.82) is 0 Å². The summed E-state index contributed by atoms with van der Waals surface area (Å²) in [5.41, 5.74) is 0.730. The molecule has 21 heavy (non-hydrogen) atoms. The van der Waals surface area contributed by atoms with Gasteiger partial charge in [-0.3, -0.25) is 4.79 Å². The first-order valence-corrected chi connectivity index (χ1v) is 7.81. The summed E-state index contributed by atoms with van der Waals surface area (Å²) < 4.78 is 0. The smallest absolute Gasteiger partial charge is 0.251 e. The molecule has 4 heteroatoms. The number of hydrogen-bond donors (Lipinski definition) is 1. The third-order valence-corrected chi connectivity index (χ3v) is 4.01. The molecule has 0 atom stereocenters. The van der Waals surface area contributed by atoms with Crippen LogP contribution in [0.1, 0.15) is 42.5 Å². The van der Waals surface area contributed by atoms with E-state index >= 15 is 0 Å². The molecule has 0 aliphatic carbocycles. The summed E-state index contributed by atoms with van der Waals surface area (Å²) in [5.74, 6) is 0.0278. The molecule has 2 rings (SSSR count). The number of unbranched alkanes of at least 4 members (excludes halogenated alkanes) is 2. The molecule has 1 amide bonds. The molecule has 0 unspecified atom stereocenters. The number of amides is 1. The third kappa shape index (κ3) is 5.31. The van der Waals surface area contributed by atoms with Crippen molar-refractivity contribution < 1.29 is 9.59 Å². The van der Waals surface area contributed by atoms with E-state index in [-0.39, 0.29) is 11.9 Å². The summed E-state index contributed by atoms with van der Waals surface area (Å²) >= 11 is 0. The number of rotatable bonds is 7. The molecule has 1 saturated heterocycles. The normalized spacial score (nSPS) is 16.6. The summed E-state index contributed by atoms with van der Waals surface area (Å²) in [4.78, 5) is 24.8. The van der Waals surface area contributed by atoms with E-state index in [9.17, 15) is 9.59 Å². The van der Waals surface area contributed by atoms with E-state index in [0.29, 0.717) is 6.42 Å². The highest BCUT2D eigenvalue weighted by atomic mass is 16.1. The molecule has 1 aromatic carbocycles. The number of likely N-dealkylation sites (tertiary alicyclic amines) is 1. The number of carbonyl (C=O) groups excluding carboxylic acids is 2. The fourth-order valence-electron chi connectivity index (χ4n) is 2.72. The highest BCUT2D eigenvalue weighted by molar-refractivity contribution is 5.94. The first kappa shape index (κ1) is 15.7. The zero-order valence-electron chi connectivity index (χ0n) is 12.5. The van der Waals surface area contributed by atoms with Gasteiger partial charge in [-0.1, -0.05) is 18.2 Å². The quantitative estimate of drug-likeness (QED) is 0.618. The minimum atomic E-state index is 0.0278. The summed E-state index contributed by atoms with van der Waals surface area (Å²) in [6.45, 7) is 3.12. The maximum Gasteiger partial charge on any atom is 0.251 e. The lowest BCUT2D eigenvalue weighted by Gasteiger charge is -2.32. The molecule has 1 aliphatic heterocycles. The highest BCUT2D eigenvalue weighted by Gasteiger charge is 2.20. The second-order valence-corrected chi connectivity index (χ2v) is 5.62. The van der Waals surface area contributed by atoms with Gasteiger partial charge < -0.3 is 15.0 Å². The summed E-state index contributed by atoms with van der Waals surface area (Å²) in [6.07, 6.45) is 5.74. The average Bonchev–Trinajstić information content (AvgIpc) is 2.54. The molecule has 1 N–H and O–H groups in total. The van der Waals surface area contributed by atoms with Crippen LogP contribution in [0.3, 0.4) is 0 Å². The second-order valence-electron chi connectivity index (χ2n) is 5.62. The van der Waals surface area contributed by atoms with Crippen LogP contribution in [0.2, 0.25) is 0 Å². The molecule has 1 heterocycles. The van der Waals surface area contributed by atoms with Gasteiger partial charge in [0.1, 0.15) is 6.29 Å². The Kier molecular flexibility index (Phi) is 6.41. The van der Waals surface area contributed by atoms with Crippen LogP contribution < -0.4 is 5.32 Å². The lowest BCUT2D eigenvalue weighted by molar-refractivity contribution is -0.107. The highest BCUT2D eigenvalue weighted by Crippen LogP contribution is 2.12. The van der Waals surface area contributed by atoms with Gasteiger partial charge in [0.05, 0.1) is 0 Å². The van der Waals surface area contributed by atoms with Crippen molar-refractivity contribution >= 4 is 12.2 Å². The van der Waals surface area contributed by atoms with Gasteiger partial charge in [-0.05, 0) is 44.4 Å². The van der Waals surface area contributed by atoms with Crippen molar-refractivity contribution in [3.63, 3.8) is 0 Å². The van der Waals surface area contributed by atoms with Crippen LogP contribution in [-0.2, 0) is 4.79 Å². The maximum atomic E-state index is 12.1. The van der Waals surface area contributed by atoms with E-state index in [1.54, 1.807) is 0 Å². The Labute approximate surface area is 126 Å². The van der Waals surface area contributed by atoms with Crippen LogP contribution in [0.5, 0.6) is 0 Å². The largest absolute Gasteiger partial charge is 0.349 e. The van der Waals surface area contributed by atoms with Gasteiger partial charge >= 0.3 is 0 Å². The lowest BCUT2D eigenvalue weighted by Crippen LogP contribution is -2.44. The van der Waals surface area contributed by atoms with Crippen molar-refractivity contribution in [2.24, 2.45) is 0 Å². The topological polar surface area (TPSA) is 49.4 Å². The van der Waals surface area contributed by atoms with Crippen LogP contribution in [0.15, 0.2) is 30.3 Å². The number of benzene rings is 1. The molecule has 0 bridgehead atoms. The maximum absolute atomic E-state index is 12.1. The average molecular weight is 288 g/mol. The SMILES string of the molecule is O=CCCCCN1CCC(NC(=O)c2ccccc2)CC1. The second kappa shape index (κ2) is 8.57. The third-order valence-electron chi connectivity index (χ3n) is 4.01. The van der Waals surface area contributed by atoms with E-state index in [2.05, 4.69) is 10.2 Å². The number of hydrogen-bond acceptors (Lipinski definition) is 3. The zero-order chi connectivity index (χ0) is 14.9. The first-order valence-electron chi connectivity index (χ1n) is 7.81. The van der Waals surface area contributed by atoms with Crippen molar-refractivity contribution in [1.82, 2.24) is 10.2 Å². The standard InChI is InChI=1S/C17H24N2O2/c20-14-6-2-5-11-19-12-9-16(10-13-19)18-17(21)15-7-3-1-4-8-15/h1,3-4,7-8,14,16H,2,5-6,9-13H2,(H,18,21). The molecule has 114 valence electrons. The zero-order valence-corrected chi connectivity index (χ0v) is 12.5. The van der Waals surface area contributed by atoms with E-state index in [4.69, 9.17) is 0 Å². The predicted molar refractivity (Wildman–Crippen MR) is 83.3 cm³/mol. The Balaban J connectivity index is 1.67. The Hall–Kier alpha value is -1.68. The molecule has 0 radical (unpaired) electrons. The Morgan fingerprint density at radius 2 is 1.90 bits per heavy atom. The molecule has 1 aromatic rings. The van der Waals surface area contributed by atoms with Crippen LogP contribution in [-0.4, -0.2) is 42.8 Å². The number of piperidine rings is 1. The lowest BCUT2D eigenvalue weighted by atomic mass is 10.0. The first-order chi connectivity index (χ1) is 10.3. The van der Waals surface area contributed by atoms with Gasteiger partial charge in [0, 0.05) is 31.1 Å². The predicted octanol–water partition coefficient (Wildman–Crippen LogP) is 2.25. The number of nitrogens with one attached hydrogen (secondary N) is 1. The molecule has 0 aromatic heterocycles. The molecular formula is C17H24N2O2. The number of aldehydes is 1. The summed E-state index contributed by atoms with van der Waals surface area (Å²) in [5, 5.41) is 3.12. The Morgan fingerprint density at radius 1 is 1.19 bits per heavy atom. The van der Waals surface area contributed by atoms with Gasteiger partial charge in [-0.15, -0.1) is 0 Å². The molecule has 0 saturated carbocycles. The minimum Gasteiger partial charge on any atom is -0.349 e. The number of nitrogens with zero attached hydrogens (tertiary/aromatic N) is 1. The molecule has 1 aliphatic rings. The van der Waals surface area contributed by atoms with Crippen LogP contribution >= 0.6 is 0 Å². The van der Waals surface area contributed by atoms with Gasteiger partial charge in [0.15, 0.2) is 0 Å². The molecule has 4 nitrogen and oxygen atoms in total.